The van der Waals surface area contributed by atoms with E-state index in [1.807, 2.05) is 0 Å². The van der Waals surface area contributed by atoms with Gasteiger partial charge in [0.05, 0.1) is 25.4 Å². The van der Waals surface area contributed by atoms with Crippen molar-refractivity contribution in [2.24, 2.45) is 50.2 Å². The minimum atomic E-state index is -1.71. The molecule has 7 rings (SSSR count). The van der Waals surface area contributed by atoms with E-state index in [-0.39, 0.29) is 57.5 Å². The number of carboxylic acid groups (broad SMARTS) is 1. The molecule has 0 bridgehead atoms. The Kier molecular flexibility index (Phi) is 10.4. The van der Waals surface area contributed by atoms with Gasteiger partial charge in [-0.2, -0.15) is 0 Å². The molecule has 0 amide bonds. The summed E-state index contributed by atoms with van der Waals surface area (Å²) in [6, 6.07) is 0. The molecular weight excluding hydrogens is 700 g/mol. The van der Waals surface area contributed by atoms with Crippen LogP contribution in [0.4, 0.5) is 0 Å². The van der Waals surface area contributed by atoms with Crippen LogP contribution in [-0.4, -0.2) is 128 Å². The lowest BCUT2D eigenvalue weighted by Gasteiger charge is -2.71. The summed E-state index contributed by atoms with van der Waals surface area (Å²) < 4.78 is 24.2. The molecule has 0 aromatic carbocycles. The number of rotatable bonds is 6. The molecule has 0 radical (unpaired) electrons. The largest absolute Gasteiger partial charge is 0.481 e. The van der Waals surface area contributed by atoms with Crippen LogP contribution in [0.25, 0.3) is 0 Å². The van der Waals surface area contributed by atoms with Crippen molar-refractivity contribution in [3.8, 4) is 0 Å². The van der Waals surface area contributed by atoms with Gasteiger partial charge in [-0.25, -0.2) is 0 Å². The minimum absolute atomic E-state index is 0.0126. The predicted molar refractivity (Wildman–Crippen MR) is 193 cm³/mol. The van der Waals surface area contributed by atoms with Crippen LogP contribution < -0.4 is 0 Å². The van der Waals surface area contributed by atoms with Crippen molar-refractivity contribution in [2.75, 3.05) is 13.2 Å². The SMILES string of the molecule is CC1(C)CC[C@]2(C(=O)O)[C@H](O)C[C@]3(C)C(=CC[C@@H]4[C@@]5(C)CC[C@H](O[C@@H]6OC[C@H](O)[C@H](O)[C@H]6O[C@@H]6O[C@H](CO)[C@H](O)[C@H](O)[C@H]6O)C(C)(C)[C@@H]5CC[C@]43C)[C@@H]2C1. The monoisotopic (exact) mass is 766 g/mol. The molecule has 13 heteroatoms. The number of ether oxygens (including phenoxy) is 4. The maximum atomic E-state index is 13.1. The zero-order chi connectivity index (χ0) is 39.6. The van der Waals surface area contributed by atoms with E-state index in [4.69, 9.17) is 18.9 Å². The fraction of sp³-hybridized carbons (Fsp3) is 0.927. The van der Waals surface area contributed by atoms with Crippen LogP contribution >= 0.6 is 0 Å². The quantitative estimate of drug-likeness (QED) is 0.144. The number of aliphatic carboxylic acids is 1. The zero-order valence-electron chi connectivity index (χ0n) is 33.1. The van der Waals surface area contributed by atoms with Crippen molar-refractivity contribution in [3.63, 3.8) is 0 Å². The third-order valence-electron chi connectivity index (χ3n) is 16.9. The van der Waals surface area contributed by atoms with Crippen molar-refractivity contribution in [1.82, 2.24) is 0 Å². The number of hydrogen-bond acceptors (Lipinski definition) is 12. The highest BCUT2D eigenvalue weighted by Crippen LogP contribution is 2.76. The Hall–Kier alpha value is -1.23. The van der Waals surface area contributed by atoms with Crippen LogP contribution in [0.5, 0.6) is 0 Å². The molecular formula is C41H66O13. The predicted octanol–water partition coefficient (Wildman–Crippen LogP) is 2.49. The smallest absolute Gasteiger partial charge is 0.312 e. The van der Waals surface area contributed by atoms with Gasteiger partial charge in [0.2, 0.25) is 0 Å². The van der Waals surface area contributed by atoms with E-state index in [1.165, 1.54) is 5.57 Å². The summed E-state index contributed by atoms with van der Waals surface area (Å²) in [7, 11) is 0. The van der Waals surface area contributed by atoms with Gasteiger partial charge in [0.1, 0.15) is 48.1 Å². The molecule has 18 atom stereocenters. The lowest BCUT2D eigenvalue weighted by atomic mass is 9.33. The maximum absolute atomic E-state index is 13.1. The Bertz CT molecular complexity index is 1470. The fourth-order valence-corrected chi connectivity index (χ4v) is 13.5. The first-order chi connectivity index (χ1) is 25.1. The topological polar surface area (TPSA) is 216 Å². The van der Waals surface area contributed by atoms with E-state index in [1.54, 1.807) is 0 Å². The number of carbonyl (C=O) groups is 1. The van der Waals surface area contributed by atoms with Crippen molar-refractivity contribution in [1.29, 1.82) is 0 Å². The first-order valence-electron chi connectivity index (χ1n) is 20.3. The van der Waals surface area contributed by atoms with Gasteiger partial charge in [-0.15, -0.1) is 0 Å². The molecule has 54 heavy (non-hydrogen) atoms. The second-order valence-corrected chi connectivity index (χ2v) is 20.3. The van der Waals surface area contributed by atoms with E-state index in [0.717, 1.165) is 38.5 Å². The number of aliphatic hydroxyl groups excluding tert-OH is 7. The van der Waals surface area contributed by atoms with E-state index in [2.05, 4.69) is 54.5 Å². The zero-order valence-corrected chi connectivity index (χ0v) is 33.1. The average molecular weight is 767 g/mol. The molecule has 0 spiro atoms. The van der Waals surface area contributed by atoms with Gasteiger partial charge in [-0.1, -0.05) is 60.1 Å². The summed E-state index contributed by atoms with van der Waals surface area (Å²) in [6.45, 7) is 15.1. The first-order valence-corrected chi connectivity index (χ1v) is 20.3. The lowest BCUT2D eigenvalue weighted by Crippen LogP contribution is -2.68. The molecule has 308 valence electrons. The number of carboxylic acids is 1. The minimum Gasteiger partial charge on any atom is -0.481 e. The second kappa shape index (κ2) is 13.7. The number of allylic oxidation sites excluding steroid dienone is 2. The molecule has 0 aromatic heterocycles. The van der Waals surface area contributed by atoms with Crippen molar-refractivity contribution >= 4 is 5.97 Å². The van der Waals surface area contributed by atoms with E-state index in [9.17, 15) is 45.6 Å². The molecule has 2 saturated heterocycles. The molecule has 0 aromatic rings. The Labute approximate surface area is 319 Å². The normalized spacial score (nSPS) is 53.9. The molecule has 0 unspecified atom stereocenters. The van der Waals surface area contributed by atoms with Gasteiger partial charge in [0, 0.05) is 0 Å². The summed E-state index contributed by atoms with van der Waals surface area (Å²) in [5, 5.41) is 85.3. The maximum Gasteiger partial charge on any atom is 0.312 e. The number of aliphatic hydroxyl groups is 7. The highest BCUT2D eigenvalue weighted by molar-refractivity contribution is 5.77. The van der Waals surface area contributed by atoms with Crippen LogP contribution in [-0.2, 0) is 23.7 Å². The standard InChI is InChI=1S/C41H66O13/c1-36(2)14-15-41(35(49)50)21(16-36)20-8-9-25-38(5)12-11-27(37(3,4)24(38)10-13-39(25,6)40(20,7)17-26(41)44)53-34-32(28(45)22(43)19-51-34)54-33-31(48)30(47)29(46)23(18-42)52-33/h8,21-34,42-48H,9-19H2,1-7H3,(H,49,50)/t21-,22-,23+,24-,25+,26+,27-,28-,29-,30-,31+,32+,33-,34-,38-,39+,40+,41+/m0/s1. The third-order valence-corrected chi connectivity index (χ3v) is 16.9. The van der Waals surface area contributed by atoms with E-state index in [0.29, 0.717) is 19.3 Å². The molecule has 13 nitrogen and oxygen atoms in total. The highest BCUT2D eigenvalue weighted by Gasteiger charge is 2.71. The van der Waals surface area contributed by atoms with Gasteiger partial charge in [-0.3, -0.25) is 4.79 Å². The van der Waals surface area contributed by atoms with Crippen LogP contribution in [0.3, 0.4) is 0 Å². The summed E-state index contributed by atoms with van der Waals surface area (Å²) in [4.78, 5) is 13.1. The summed E-state index contributed by atoms with van der Waals surface area (Å²) in [5.74, 6) is -0.571. The fourth-order valence-electron chi connectivity index (χ4n) is 13.5. The molecule has 4 saturated carbocycles. The molecule has 2 heterocycles. The lowest BCUT2D eigenvalue weighted by molar-refractivity contribution is -0.367. The van der Waals surface area contributed by atoms with Crippen LogP contribution in [0.15, 0.2) is 11.6 Å². The van der Waals surface area contributed by atoms with Crippen molar-refractivity contribution < 1.29 is 64.6 Å². The average Bonchev–Trinajstić information content (AvgIpc) is 3.09. The Morgan fingerprint density at radius 1 is 0.815 bits per heavy atom. The van der Waals surface area contributed by atoms with Gasteiger partial charge in [0.15, 0.2) is 12.6 Å². The van der Waals surface area contributed by atoms with Crippen LogP contribution in [0.1, 0.15) is 106 Å². The molecule has 2 aliphatic heterocycles. The number of fused-ring (bicyclic) bond motifs is 7. The van der Waals surface area contributed by atoms with E-state index >= 15 is 0 Å². The first kappa shape index (κ1) is 40.9. The Balaban J connectivity index is 1.14. The summed E-state index contributed by atoms with van der Waals surface area (Å²) in [5.41, 5.74) is -0.931. The van der Waals surface area contributed by atoms with Crippen molar-refractivity contribution in [3.05, 3.63) is 11.6 Å². The molecule has 5 aliphatic carbocycles. The van der Waals surface area contributed by atoms with Crippen LogP contribution in [0.2, 0.25) is 0 Å². The Morgan fingerprint density at radius 3 is 2.19 bits per heavy atom. The van der Waals surface area contributed by atoms with Crippen molar-refractivity contribution in [2.45, 2.75) is 174 Å². The highest BCUT2D eigenvalue weighted by atomic mass is 16.8. The Morgan fingerprint density at radius 2 is 1.52 bits per heavy atom. The van der Waals surface area contributed by atoms with Gasteiger partial charge >= 0.3 is 5.97 Å². The second-order valence-electron chi connectivity index (χ2n) is 20.3. The summed E-state index contributed by atoms with van der Waals surface area (Å²) >= 11 is 0. The molecule has 8 N–H and O–H groups in total. The van der Waals surface area contributed by atoms with E-state index < -0.39 is 79.4 Å². The molecule has 6 fully saturated rings. The molecule has 7 aliphatic rings. The van der Waals surface area contributed by atoms with Crippen LogP contribution in [0, 0.1) is 50.2 Å². The number of hydrogen-bond donors (Lipinski definition) is 8. The van der Waals surface area contributed by atoms with Gasteiger partial charge < -0.3 is 59.8 Å². The summed E-state index contributed by atoms with van der Waals surface area (Å²) in [6.07, 6.45) is -5.25. The third kappa shape index (κ3) is 5.84. The van der Waals surface area contributed by atoms with Gasteiger partial charge in [-0.05, 0) is 103 Å². The van der Waals surface area contributed by atoms with Gasteiger partial charge in [0.25, 0.3) is 0 Å².